The summed E-state index contributed by atoms with van der Waals surface area (Å²) < 4.78 is 36.2. The van der Waals surface area contributed by atoms with Crippen LogP contribution >= 0.6 is 11.7 Å². The number of benzene rings is 3. The highest BCUT2D eigenvalue weighted by Gasteiger charge is 2.31. The molecule has 2 heterocycles. The Hall–Kier alpha value is -2.43. The predicted molar refractivity (Wildman–Crippen MR) is 122 cm³/mol. The first kappa shape index (κ1) is 20.5. The maximum Gasteiger partial charge on any atom is 0.245 e. The van der Waals surface area contributed by atoms with Gasteiger partial charge in [0.25, 0.3) is 0 Å². The lowest BCUT2D eigenvalue weighted by Gasteiger charge is -2.35. The number of rotatable bonds is 5. The van der Waals surface area contributed by atoms with Gasteiger partial charge in [0.2, 0.25) is 10.0 Å². The maximum absolute atomic E-state index is 13.2. The Morgan fingerprint density at radius 2 is 1.71 bits per heavy atom. The largest absolute Gasteiger partial charge is 0.387 e. The van der Waals surface area contributed by atoms with Crippen molar-refractivity contribution in [3.05, 3.63) is 66.2 Å². The summed E-state index contributed by atoms with van der Waals surface area (Å²) in [5.41, 5.74) is 1.90. The molecular weight excluding hydrogens is 432 g/mol. The fourth-order valence-electron chi connectivity index (χ4n) is 4.05. The zero-order valence-corrected chi connectivity index (χ0v) is 18.4. The van der Waals surface area contributed by atoms with Crippen LogP contribution in [-0.2, 0) is 10.0 Å². The number of aliphatic hydroxyl groups excluding tert-OH is 1. The lowest BCUT2D eigenvalue weighted by molar-refractivity contribution is 0.0922. The van der Waals surface area contributed by atoms with Gasteiger partial charge in [-0.1, -0.05) is 42.5 Å². The first-order valence-electron chi connectivity index (χ1n) is 10.1. The Morgan fingerprint density at radius 1 is 0.935 bits per heavy atom. The molecular formula is C22H22N4O3S2. The summed E-state index contributed by atoms with van der Waals surface area (Å²) in [6, 6.07) is 19.1. The lowest BCUT2D eigenvalue weighted by atomic mass is 10.0. The van der Waals surface area contributed by atoms with Gasteiger partial charge < -0.3 is 5.11 Å². The summed E-state index contributed by atoms with van der Waals surface area (Å²) in [4.78, 5) is 2.32. The summed E-state index contributed by atoms with van der Waals surface area (Å²) in [6.45, 7) is 2.35. The molecule has 7 nitrogen and oxygen atoms in total. The van der Waals surface area contributed by atoms with Crippen molar-refractivity contribution in [1.29, 1.82) is 0 Å². The minimum absolute atomic E-state index is 0.211. The van der Waals surface area contributed by atoms with Gasteiger partial charge >= 0.3 is 0 Å². The van der Waals surface area contributed by atoms with Crippen LogP contribution in [0.4, 0.5) is 0 Å². The van der Waals surface area contributed by atoms with Crippen molar-refractivity contribution in [2.24, 2.45) is 0 Å². The van der Waals surface area contributed by atoms with Crippen molar-refractivity contribution in [1.82, 2.24) is 18.0 Å². The SMILES string of the molecule is O=S(=O)(c1cccc2nsnc12)N1CCN(CC(O)c2ccc3ccccc3c2)CC1. The van der Waals surface area contributed by atoms with Crippen LogP contribution in [0.3, 0.4) is 0 Å². The molecule has 0 spiro atoms. The molecule has 0 amide bonds. The summed E-state index contributed by atoms with van der Waals surface area (Å²) in [7, 11) is -3.64. The van der Waals surface area contributed by atoms with Crippen molar-refractivity contribution >= 4 is 43.6 Å². The van der Waals surface area contributed by atoms with Gasteiger partial charge in [0.1, 0.15) is 15.9 Å². The number of aromatic nitrogens is 2. The summed E-state index contributed by atoms with van der Waals surface area (Å²) in [5, 5.41) is 13.0. The van der Waals surface area contributed by atoms with E-state index in [0.29, 0.717) is 43.8 Å². The van der Waals surface area contributed by atoms with E-state index in [1.54, 1.807) is 18.2 Å². The normalized spacial score (nSPS) is 17.3. The Balaban J connectivity index is 1.26. The van der Waals surface area contributed by atoms with Gasteiger partial charge in [-0.3, -0.25) is 4.90 Å². The van der Waals surface area contributed by atoms with Crippen molar-refractivity contribution in [2.45, 2.75) is 11.0 Å². The van der Waals surface area contributed by atoms with E-state index in [0.717, 1.165) is 28.1 Å². The van der Waals surface area contributed by atoms with E-state index in [4.69, 9.17) is 0 Å². The smallest absolute Gasteiger partial charge is 0.245 e. The van der Waals surface area contributed by atoms with Gasteiger partial charge in [-0.15, -0.1) is 0 Å². The van der Waals surface area contributed by atoms with Crippen LogP contribution in [0, 0.1) is 0 Å². The van der Waals surface area contributed by atoms with E-state index in [1.165, 1.54) is 4.31 Å². The zero-order chi connectivity index (χ0) is 21.4. The van der Waals surface area contributed by atoms with E-state index in [2.05, 4.69) is 13.6 Å². The molecule has 1 aromatic heterocycles. The molecule has 31 heavy (non-hydrogen) atoms. The third-order valence-corrected chi connectivity index (χ3v) is 8.26. The van der Waals surface area contributed by atoms with Gasteiger partial charge in [-0.25, -0.2) is 8.42 Å². The fraction of sp³-hybridized carbons (Fsp3) is 0.273. The zero-order valence-electron chi connectivity index (χ0n) is 16.8. The van der Waals surface area contributed by atoms with Crippen molar-refractivity contribution in [2.75, 3.05) is 32.7 Å². The quantitative estimate of drug-likeness (QED) is 0.499. The van der Waals surface area contributed by atoms with Gasteiger partial charge in [-0.05, 0) is 34.5 Å². The number of nitrogens with zero attached hydrogens (tertiary/aromatic N) is 4. The summed E-state index contributed by atoms with van der Waals surface area (Å²) >= 11 is 1.02. The van der Waals surface area contributed by atoms with Crippen LogP contribution in [0.5, 0.6) is 0 Å². The van der Waals surface area contributed by atoms with Crippen LogP contribution in [0.1, 0.15) is 11.7 Å². The second-order valence-electron chi connectivity index (χ2n) is 7.72. The van der Waals surface area contributed by atoms with Gasteiger partial charge in [0.05, 0.1) is 17.8 Å². The van der Waals surface area contributed by atoms with E-state index in [1.807, 2.05) is 42.5 Å². The number of aliphatic hydroxyl groups is 1. The van der Waals surface area contributed by atoms with Gasteiger partial charge in [0, 0.05) is 32.7 Å². The van der Waals surface area contributed by atoms with Crippen LogP contribution in [0.25, 0.3) is 21.8 Å². The van der Waals surface area contributed by atoms with Crippen molar-refractivity contribution in [3.63, 3.8) is 0 Å². The number of hydrogen-bond acceptors (Lipinski definition) is 7. The minimum atomic E-state index is -3.64. The van der Waals surface area contributed by atoms with Crippen LogP contribution in [0.2, 0.25) is 0 Å². The van der Waals surface area contributed by atoms with Gasteiger partial charge in [0.15, 0.2) is 0 Å². The molecule has 0 bridgehead atoms. The Morgan fingerprint density at radius 3 is 2.52 bits per heavy atom. The molecule has 9 heteroatoms. The number of hydrogen-bond donors (Lipinski definition) is 1. The molecule has 0 radical (unpaired) electrons. The molecule has 1 aliphatic rings. The molecule has 0 saturated carbocycles. The fourth-order valence-corrected chi connectivity index (χ4v) is 6.22. The third-order valence-electron chi connectivity index (χ3n) is 5.79. The Bertz CT molecular complexity index is 1330. The molecule has 5 rings (SSSR count). The molecule has 1 fully saturated rings. The number of piperazine rings is 1. The Labute approximate surface area is 184 Å². The standard InChI is InChI=1S/C22H22N4O3S2/c27-20(18-9-8-16-4-1-2-5-17(16)14-18)15-25-10-12-26(13-11-25)31(28,29)21-7-3-6-19-22(21)24-30-23-19/h1-9,14,20,27H,10-13,15H2. The summed E-state index contributed by atoms with van der Waals surface area (Å²) in [6.07, 6.45) is -0.623. The van der Waals surface area contributed by atoms with Crippen LogP contribution in [0.15, 0.2) is 65.6 Å². The molecule has 1 aliphatic heterocycles. The van der Waals surface area contributed by atoms with E-state index >= 15 is 0 Å². The molecule has 3 aromatic carbocycles. The highest BCUT2D eigenvalue weighted by Crippen LogP contribution is 2.26. The minimum Gasteiger partial charge on any atom is -0.387 e. The monoisotopic (exact) mass is 454 g/mol. The highest BCUT2D eigenvalue weighted by molar-refractivity contribution is 7.89. The first-order valence-corrected chi connectivity index (χ1v) is 12.3. The average molecular weight is 455 g/mol. The molecule has 160 valence electrons. The van der Waals surface area contributed by atoms with E-state index in [9.17, 15) is 13.5 Å². The second-order valence-corrected chi connectivity index (χ2v) is 10.1. The van der Waals surface area contributed by atoms with Crippen molar-refractivity contribution < 1.29 is 13.5 Å². The van der Waals surface area contributed by atoms with Gasteiger partial charge in [-0.2, -0.15) is 13.1 Å². The lowest BCUT2D eigenvalue weighted by Crippen LogP contribution is -2.49. The van der Waals surface area contributed by atoms with E-state index in [-0.39, 0.29) is 4.90 Å². The number of fused-ring (bicyclic) bond motifs is 2. The van der Waals surface area contributed by atoms with Crippen molar-refractivity contribution in [3.8, 4) is 0 Å². The average Bonchev–Trinajstić information content (AvgIpc) is 3.28. The highest BCUT2D eigenvalue weighted by atomic mass is 32.2. The molecule has 1 saturated heterocycles. The topological polar surface area (TPSA) is 86.6 Å². The number of sulfonamides is 1. The first-order chi connectivity index (χ1) is 15.0. The van der Waals surface area contributed by atoms with Crippen LogP contribution < -0.4 is 0 Å². The summed E-state index contributed by atoms with van der Waals surface area (Å²) in [5.74, 6) is 0. The molecule has 0 aliphatic carbocycles. The molecule has 1 N–H and O–H groups in total. The van der Waals surface area contributed by atoms with E-state index < -0.39 is 16.1 Å². The third kappa shape index (κ3) is 3.95. The molecule has 1 unspecified atom stereocenters. The molecule has 4 aromatic rings. The van der Waals surface area contributed by atoms with Crippen LogP contribution in [-0.4, -0.2) is 64.2 Å². The number of β-amino-alcohol motifs (C(OH)–C–C–N with tert-alkyl or cyclic N) is 1. The molecule has 1 atom stereocenters. The maximum atomic E-state index is 13.2. The Kier molecular flexibility index (Phi) is 5.45. The predicted octanol–water partition coefficient (Wildman–Crippen LogP) is 2.88. The second kappa shape index (κ2) is 8.25.